The molecule has 4 heterocycles. The zero-order valence-corrected chi connectivity index (χ0v) is 29.9. The van der Waals surface area contributed by atoms with Crippen LogP contribution in [0.4, 0.5) is 11.4 Å². The SMILES string of the molecule is C/C=C(\C=C/CN(c1ccc(-c2ccc(-c3cn4ccccc4n3)cc2)cc1)c1ccc(-c2ccc3cccnc3c2)cc1)c1ccc2cccnc2c1. The average molecular weight is 696 g/mol. The van der Waals surface area contributed by atoms with Crippen molar-refractivity contribution in [1.82, 2.24) is 19.4 Å². The summed E-state index contributed by atoms with van der Waals surface area (Å²) in [6.45, 7) is 2.78. The number of benzene rings is 5. The molecule has 9 aromatic rings. The van der Waals surface area contributed by atoms with Crippen molar-refractivity contribution in [3.8, 4) is 33.5 Å². The van der Waals surface area contributed by atoms with Crippen molar-refractivity contribution < 1.29 is 0 Å². The van der Waals surface area contributed by atoms with Gasteiger partial charge in [-0.2, -0.15) is 0 Å². The van der Waals surface area contributed by atoms with E-state index in [1.807, 2.05) is 48.9 Å². The monoisotopic (exact) mass is 695 g/mol. The van der Waals surface area contributed by atoms with Gasteiger partial charge in [-0.25, -0.2) is 4.98 Å². The second-order valence-corrected chi connectivity index (χ2v) is 13.3. The quantitative estimate of drug-likeness (QED) is 0.141. The number of imidazole rings is 1. The fourth-order valence-corrected chi connectivity index (χ4v) is 7.07. The van der Waals surface area contributed by atoms with Crippen LogP contribution in [0.3, 0.4) is 0 Å². The van der Waals surface area contributed by atoms with Crippen LogP contribution in [0.15, 0.2) is 195 Å². The van der Waals surface area contributed by atoms with Crippen LogP contribution in [0, 0.1) is 0 Å². The van der Waals surface area contributed by atoms with Crippen LogP contribution in [0.1, 0.15) is 12.5 Å². The van der Waals surface area contributed by atoms with Crippen molar-refractivity contribution in [3.05, 3.63) is 200 Å². The van der Waals surface area contributed by atoms with Crippen LogP contribution in [0.25, 0.3) is 66.5 Å². The number of aromatic nitrogens is 4. The molecule has 0 aliphatic rings. The van der Waals surface area contributed by atoms with Crippen LogP contribution in [-0.4, -0.2) is 25.9 Å². The molecule has 0 aliphatic carbocycles. The van der Waals surface area contributed by atoms with E-state index >= 15 is 0 Å². The second-order valence-electron chi connectivity index (χ2n) is 13.3. The Morgan fingerprint density at radius 1 is 0.593 bits per heavy atom. The predicted octanol–water partition coefficient (Wildman–Crippen LogP) is 12.2. The van der Waals surface area contributed by atoms with Gasteiger partial charge in [-0.3, -0.25) is 9.97 Å². The lowest BCUT2D eigenvalue weighted by molar-refractivity contribution is 1.10. The van der Waals surface area contributed by atoms with Gasteiger partial charge in [0.2, 0.25) is 0 Å². The first-order chi connectivity index (χ1) is 26.7. The molecule has 5 heteroatoms. The van der Waals surface area contributed by atoms with Gasteiger partial charge in [0.15, 0.2) is 0 Å². The van der Waals surface area contributed by atoms with Crippen molar-refractivity contribution in [2.24, 2.45) is 0 Å². The Labute approximate surface area is 314 Å². The summed E-state index contributed by atoms with van der Waals surface area (Å²) in [6.07, 6.45) is 14.4. The van der Waals surface area contributed by atoms with Gasteiger partial charge in [0.05, 0.1) is 16.7 Å². The van der Waals surface area contributed by atoms with Crippen molar-refractivity contribution in [2.75, 3.05) is 11.4 Å². The minimum Gasteiger partial charge on any atom is -0.338 e. The van der Waals surface area contributed by atoms with Crippen molar-refractivity contribution in [1.29, 1.82) is 0 Å². The second kappa shape index (κ2) is 14.5. The van der Waals surface area contributed by atoms with E-state index in [0.717, 1.165) is 83.5 Å². The fraction of sp³-hybridized carbons (Fsp3) is 0.0408. The number of nitrogens with zero attached hydrogens (tertiary/aromatic N) is 5. The third-order valence-corrected chi connectivity index (χ3v) is 10.0. The van der Waals surface area contributed by atoms with Crippen molar-refractivity contribution >= 4 is 44.4 Å². The highest BCUT2D eigenvalue weighted by Gasteiger charge is 2.11. The fourth-order valence-electron chi connectivity index (χ4n) is 7.07. The number of hydrogen-bond acceptors (Lipinski definition) is 4. The Balaban J connectivity index is 0.998. The summed E-state index contributed by atoms with van der Waals surface area (Å²) in [4.78, 5) is 16.3. The van der Waals surface area contributed by atoms with Gasteiger partial charge in [0, 0.05) is 59.0 Å². The highest BCUT2D eigenvalue weighted by atomic mass is 15.1. The lowest BCUT2D eigenvalue weighted by Crippen LogP contribution is -2.16. The van der Waals surface area contributed by atoms with E-state index in [9.17, 15) is 0 Å². The topological polar surface area (TPSA) is 46.3 Å². The summed E-state index contributed by atoms with van der Waals surface area (Å²) in [5, 5.41) is 2.28. The molecule has 4 aromatic heterocycles. The van der Waals surface area contributed by atoms with Crippen LogP contribution < -0.4 is 4.90 Å². The maximum absolute atomic E-state index is 4.79. The highest BCUT2D eigenvalue weighted by molar-refractivity contribution is 5.86. The highest BCUT2D eigenvalue weighted by Crippen LogP contribution is 2.32. The van der Waals surface area contributed by atoms with E-state index in [1.54, 1.807) is 0 Å². The molecule has 9 rings (SSSR count). The number of anilines is 2. The van der Waals surface area contributed by atoms with E-state index in [2.05, 4.69) is 172 Å². The summed E-state index contributed by atoms with van der Waals surface area (Å²) in [5.74, 6) is 0. The zero-order valence-electron chi connectivity index (χ0n) is 29.9. The molecule has 0 aliphatic heterocycles. The van der Waals surface area contributed by atoms with E-state index in [0.29, 0.717) is 6.54 Å². The smallest absolute Gasteiger partial charge is 0.137 e. The molecule has 5 aromatic carbocycles. The van der Waals surface area contributed by atoms with Gasteiger partial charge in [0.25, 0.3) is 0 Å². The third kappa shape index (κ3) is 6.67. The van der Waals surface area contributed by atoms with E-state index in [1.165, 1.54) is 0 Å². The number of allylic oxidation sites excluding steroid dienone is 3. The number of hydrogen-bond donors (Lipinski definition) is 0. The normalized spacial score (nSPS) is 11.9. The van der Waals surface area contributed by atoms with Gasteiger partial charge in [0.1, 0.15) is 5.65 Å². The molecule has 258 valence electrons. The Hall–Kier alpha value is -7.11. The Kier molecular flexibility index (Phi) is 8.79. The summed E-state index contributed by atoms with van der Waals surface area (Å²) >= 11 is 0. The van der Waals surface area contributed by atoms with Gasteiger partial charge in [-0.05, 0) is 101 Å². The van der Waals surface area contributed by atoms with Crippen LogP contribution in [0.2, 0.25) is 0 Å². The van der Waals surface area contributed by atoms with Crippen LogP contribution in [0.5, 0.6) is 0 Å². The molecule has 0 spiro atoms. The maximum atomic E-state index is 4.79. The molecule has 0 unspecified atom stereocenters. The molecule has 0 saturated heterocycles. The Morgan fingerprint density at radius 2 is 1.19 bits per heavy atom. The molecule has 0 radical (unpaired) electrons. The van der Waals surface area contributed by atoms with E-state index in [4.69, 9.17) is 4.98 Å². The van der Waals surface area contributed by atoms with Crippen LogP contribution in [-0.2, 0) is 0 Å². The average Bonchev–Trinajstić information content (AvgIpc) is 3.68. The number of pyridine rings is 3. The Bertz CT molecular complexity index is 2760. The minimum absolute atomic E-state index is 0.690. The first-order valence-electron chi connectivity index (χ1n) is 18.2. The zero-order chi connectivity index (χ0) is 36.3. The minimum atomic E-state index is 0.690. The molecule has 0 fully saturated rings. The van der Waals surface area contributed by atoms with Crippen molar-refractivity contribution in [2.45, 2.75) is 6.92 Å². The van der Waals surface area contributed by atoms with Gasteiger partial charge >= 0.3 is 0 Å². The summed E-state index contributed by atoms with van der Waals surface area (Å²) in [5.41, 5.74) is 14.2. The van der Waals surface area contributed by atoms with Crippen LogP contribution >= 0.6 is 0 Å². The lowest BCUT2D eigenvalue weighted by atomic mass is 10.0. The molecule has 0 bridgehead atoms. The maximum Gasteiger partial charge on any atom is 0.137 e. The van der Waals surface area contributed by atoms with Gasteiger partial charge in [-0.15, -0.1) is 0 Å². The van der Waals surface area contributed by atoms with Gasteiger partial charge < -0.3 is 9.30 Å². The summed E-state index contributed by atoms with van der Waals surface area (Å²) in [7, 11) is 0. The van der Waals surface area contributed by atoms with E-state index < -0.39 is 0 Å². The third-order valence-electron chi connectivity index (χ3n) is 10.0. The molecule has 5 nitrogen and oxygen atoms in total. The first kappa shape index (κ1) is 32.8. The Morgan fingerprint density at radius 3 is 1.85 bits per heavy atom. The van der Waals surface area contributed by atoms with Crippen molar-refractivity contribution in [3.63, 3.8) is 0 Å². The largest absolute Gasteiger partial charge is 0.338 e. The summed E-state index contributed by atoms with van der Waals surface area (Å²) < 4.78 is 2.05. The molecular formula is C49H37N5. The molecule has 0 saturated carbocycles. The molecule has 0 amide bonds. The predicted molar refractivity (Wildman–Crippen MR) is 225 cm³/mol. The van der Waals surface area contributed by atoms with Gasteiger partial charge in [-0.1, -0.05) is 109 Å². The number of fused-ring (bicyclic) bond motifs is 3. The lowest BCUT2D eigenvalue weighted by Gasteiger charge is -2.24. The molecular weight excluding hydrogens is 659 g/mol. The molecule has 0 atom stereocenters. The van der Waals surface area contributed by atoms with E-state index in [-0.39, 0.29) is 0 Å². The number of rotatable bonds is 9. The molecule has 54 heavy (non-hydrogen) atoms. The first-order valence-corrected chi connectivity index (χ1v) is 18.2. The molecule has 0 N–H and O–H groups in total. The summed E-state index contributed by atoms with van der Waals surface area (Å²) in [6, 6.07) is 53.5. The standard InChI is InChI=1S/C49H37N5/c1-2-35(42-18-16-39-8-5-28-50-46(39)32-42)10-7-31-54(45-26-22-38(23-27-45)43-19-17-40-9-6-29-51-47(40)33-43)44-24-20-37(21-25-44)36-12-14-41(15-13-36)48-34-53-30-4-3-11-49(53)52-48/h2-30,32-34H,31H2,1H3/b10-7-,35-2+.